The summed E-state index contributed by atoms with van der Waals surface area (Å²) in [5.74, 6) is -2.14. The fourth-order valence-electron chi connectivity index (χ4n) is 3.31. The highest BCUT2D eigenvalue weighted by Crippen LogP contribution is 2.31. The molecule has 0 aliphatic carbocycles. The highest BCUT2D eigenvalue weighted by atomic mass is 32.2. The first-order valence-corrected chi connectivity index (χ1v) is 10.3. The summed E-state index contributed by atoms with van der Waals surface area (Å²) < 4.78 is 72.1. The molecule has 1 aliphatic rings. The molecular formula is C19H16F3N3O3S. The van der Waals surface area contributed by atoms with Crippen molar-refractivity contribution in [3.63, 3.8) is 0 Å². The predicted octanol–water partition coefficient (Wildman–Crippen LogP) is 3.72. The Bertz CT molecular complexity index is 1110. The quantitative estimate of drug-likeness (QED) is 0.639. The van der Waals surface area contributed by atoms with E-state index in [0.717, 1.165) is 16.4 Å². The normalized spacial score (nSPS) is 18.1. The van der Waals surface area contributed by atoms with E-state index >= 15 is 0 Å². The van der Waals surface area contributed by atoms with Crippen LogP contribution in [-0.4, -0.2) is 36.0 Å². The zero-order valence-corrected chi connectivity index (χ0v) is 15.9. The molecule has 3 aromatic rings. The third-order valence-electron chi connectivity index (χ3n) is 4.75. The largest absolute Gasteiger partial charge is 0.339 e. The lowest BCUT2D eigenvalue weighted by Crippen LogP contribution is -2.39. The maximum atomic E-state index is 13.5. The highest BCUT2D eigenvalue weighted by Gasteiger charge is 2.34. The fourth-order valence-corrected chi connectivity index (χ4v) is 4.87. The summed E-state index contributed by atoms with van der Waals surface area (Å²) in [5, 5.41) is 3.88. The molecule has 1 aliphatic heterocycles. The summed E-state index contributed by atoms with van der Waals surface area (Å²) >= 11 is 0. The van der Waals surface area contributed by atoms with E-state index in [4.69, 9.17) is 4.52 Å². The van der Waals surface area contributed by atoms with Gasteiger partial charge in [-0.05, 0) is 49.2 Å². The Morgan fingerprint density at radius 3 is 2.38 bits per heavy atom. The van der Waals surface area contributed by atoms with Gasteiger partial charge in [0.2, 0.25) is 21.7 Å². The predicted molar refractivity (Wildman–Crippen MR) is 96.8 cm³/mol. The van der Waals surface area contributed by atoms with Crippen LogP contribution in [0.4, 0.5) is 13.2 Å². The van der Waals surface area contributed by atoms with Crippen molar-refractivity contribution in [3.05, 3.63) is 65.8 Å². The molecule has 0 amide bonds. The first kappa shape index (κ1) is 19.6. The van der Waals surface area contributed by atoms with Crippen molar-refractivity contribution in [2.45, 2.75) is 23.7 Å². The molecule has 6 nitrogen and oxygen atoms in total. The van der Waals surface area contributed by atoms with Gasteiger partial charge in [0.05, 0.1) is 10.8 Å². The molecule has 0 spiro atoms. The smallest absolute Gasteiger partial charge is 0.243 e. The molecule has 1 fully saturated rings. The van der Waals surface area contributed by atoms with Crippen LogP contribution in [0.3, 0.4) is 0 Å². The number of aromatic nitrogens is 2. The number of benzene rings is 2. The second-order valence-corrected chi connectivity index (χ2v) is 8.71. The molecule has 1 aromatic heterocycles. The summed E-state index contributed by atoms with van der Waals surface area (Å²) in [6.45, 7) is 0.265. The molecule has 1 atom stereocenters. The van der Waals surface area contributed by atoms with E-state index in [1.807, 2.05) is 0 Å². The van der Waals surface area contributed by atoms with Crippen molar-refractivity contribution in [2.24, 2.45) is 0 Å². The van der Waals surface area contributed by atoms with Crippen molar-refractivity contribution in [1.29, 1.82) is 0 Å². The lowest BCUT2D eigenvalue weighted by molar-refractivity contribution is 0.265. The molecule has 29 heavy (non-hydrogen) atoms. The van der Waals surface area contributed by atoms with E-state index in [0.29, 0.717) is 24.5 Å². The molecule has 0 N–H and O–H groups in total. The van der Waals surface area contributed by atoms with Gasteiger partial charge in [-0.3, -0.25) is 0 Å². The standard InChI is InChI=1S/C19H16F3N3O3S/c20-14-5-3-12(4-6-14)18-23-19(28-24-18)13-2-1-7-25(11-13)29(26,27)17-9-15(21)8-16(22)10-17/h3-6,8-10,13H,1-2,7,11H2/t13-/m0/s1. The molecule has 2 aromatic carbocycles. The number of nitrogens with zero attached hydrogens (tertiary/aromatic N) is 3. The van der Waals surface area contributed by atoms with Crippen molar-refractivity contribution in [3.8, 4) is 11.4 Å². The first-order chi connectivity index (χ1) is 13.8. The molecule has 1 saturated heterocycles. The van der Waals surface area contributed by atoms with Gasteiger partial charge >= 0.3 is 0 Å². The minimum atomic E-state index is -4.08. The second-order valence-electron chi connectivity index (χ2n) is 6.77. The third-order valence-corrected chi connectivity index (χ3v) is 6.59. The van der Waals surface area contributed by atoms with Crippen molar-refractivity contribution in [1.82, 2.24) is 14.4 Å². The first-order valence-electron chi connectivity index (χ1n) is 8.89. The third kappa shape index (κ3) is 4.03. The fraction of sp³-hybridized carbons (Fsp3) is 0.263. The highest BCUT2D eigenvalue weighted by molar-refractivity contribution is 7.89. The van der Waals surface area contributed by atoms with Gasteiger partial charge in [0, 0.05) is 24.7 Å². The Morgan fingerprint density at radius 2 is 1.69 bits per heavy atom. The van der Waals surface area contributed by atoms with Crippen LogP contribution < -0.4 is 0 Å². The van der Waals surface area contributed by atoms with Gasteiger partial charge in [-0.15, -0.1) is 0 Å². The average Bonchev–Trinajstić information content (AvgIpc) is 3.18. The van der Waals surface area contributed by atoms with Gasteiger partial charge in [-0.1, -0.05) is 5.16 Å². The topological polar surface area (TPSA) is 76.3 Å². The van der Waals surface area contributed by atoms with Crippen molar-refractivity contribution >= 4 is 10.0 Å². The van der Waals surface area contributed by atoms with Crippen LogP contribution in [0.1, 0.15) is 24.7 Å². The molecular weight excluding hydrogens is 407 g/mol. The van der Waals surface area contributed by atoms with Crippen LogP contribution in [0, 0.1) is 17.5 Å². The van der Waals surface area contributed by atoms with Gasteiger partial charge in [0.25, 0.3) is 0 Å². The van der Waals surface area contributed by atoms with Gasteiger partial charge in [0.15, 0.2) is 0 Å². The molecule has 152 valence electrons. The number of hydrogen-bond donors (Lipinski definition) is 0. The van der Waals surface area contributed by atoms with E-state index in [2.05, 4.69) is 10.1 Å². The van der Waals surface area contributed by atoms with E-state index in [-0.39, 0.29) is 36.5 Å². The van der Waals surface area contributed by atoms with Crippen LogP contribution >= 0.6 is 0 Å². The van der Waals surface area contributed by atoms with Crippen molar-refractivity contribution < 1.29 is 26.1 Å². The van der Waals surface area contributed by atoms with Gasteiger partial charge in [-0.2, -0.15) is 9.29 Å². The monoisotopic (exact) mass is 423 g/mol. The lowest BCUT2D eigenvalue weighted by atomic mass is 10.00. The molecule has 0 unspecified atom stereocenters. The van der Waals surface area contributed by atoms with E-state index in [1.54, 1.807) is 0 Å². The molecule has 0 radical (unpaired) electrons. The number of piperidine rings is 1. The maximum Gasteiger partial charge on any atom is 0.243 e. The SMILES string of the molecule is O=S(=O)(c1cc(F)cc(F)c1)N1CCC[C@H](c2nc(-c3ccc(F)cc3)no2)C1. The Hall–Kier alpha value is -2.72. The minimum absolute atomic E-state index is 0.0471. The van der Waals surface area contributed by atoms with Crippen LogP contribution in [0.15, 0.2) is 51.9 Å². The number of hydrogen-bond acceptors (Lipinski definition) is 5. The summed E-state index contributed by atoms with van der Waals surface area (Å²) in [5.41, 5.74) is 0.567. The van der Waals surface area contributed by atoms with E-state index in [9.17, 15) is 21.6 Å². The zero-order chi connectivity index (χ0) is 20.6. The van der Waals surface area contributed by atoms with Gasteiger partial charge in [0.1, 0.15) is 17.5 Å². The van der Waals surface area contributed by atoms with E-state index < -0.39 is 26.6 Å². The molecule has 0 saturated carbocycles. The van der Waals surface area contributed by atoms with Crippen LogP contribution in [-0.2, 0) is 10.0 Å². The average molecular weight is 423 g/mol. The number of sulfonamides is 1. The maximum absolute atomic E-state index is 13.5. The van der Waals surface area contributed by atoms with Crippen LogP contribution in [0.2, 0.25) is 0 Å². The second kappa shape index (κ2) is 7.60. The summed E-state index contributed by atoms with van der Waals surface area (Å²) in [7, 11) is -4.08. The molecule has 4 rings (SSSR count). The van der Waals surface area contributed by atoms with Gasteiger partial charge < -0.3 is 4.52 Å². The van der Waals surface area contributed by atoms with Crippen LogP contribution in [0.25, 0.3) is 11.4 Å². The molecule has 10 heteroatoms. The van der Waals surface area contributed by atoms with Crippen LogP contribution in [0.5, 0.6) is 0 Å². The summed E-state index contributed by atoms with van der Waals surface area (Å²) in [4.78, 5) is 3.87. The minimum Gasteiger partial charge on any atom is -0.339 e. The lowest BCUT2D eigenvalue weighted by Gasteiger charge is -2.30. The Labute approximate surface area is 165 Å². The molecule has 2 heterocycles. The summed E-state index contributed by atoms with van der Waals surface area (Å²) in [6, 6.07) is 7.78. The van der Waals surface area contributed by atoms with Crippen molar-refractivity contribution in [2.75, 3.05) is 13.1 Å². The van der Waals surface area contributed by atoms with Gasteiger partial charge in [-0.25, -0.2) is 21.6 Å². The summed E-state index contributed by atoms with van der Waals surface area (Å²) in [6.07, 6.45) is 1.14. The number of halogens is 3. The Balaban J connectivity index is 1.56. The number of rotatable bonds is 4. The Morgan fingerprint density at radius 1 is 1.00 bits per heavy atom. The Kier molecular flexibility index (Phi) is 5.13. The van der Waals surface area contributed by atoms with E-state index in [1.165, 1.54) is 24.3 Å². The molecule has 0 bridgehead atoms. The zero-order valence-electron chi connectivity index (χ0n) is 15.1.